The number of nitrogens with two attached hydrogens (primary N) is 2. The Balaban J connectivity index is 2.91. The molecule has 1 aromatic rings. The Morgan fingerprint density at radius 3 is 2.21 bits per heavy atom. The quantitative estimate of drug-likeness (QED) is 0.121. The number of rotatable bonds is 14. The second kappa shape index (κ2) is 12.9. The van der Waals surface area contributed by atoms with E-state index in [-0.39, 0.29) is 31.0 Å². The third kappa shape index (κ3) is 9.97. The number of amides is 3. The SMILES string of the molecule is CCCS(=O)(=O)NC(C(=O)NC(CCC(N)=O)C(=O)NCc1ccc(C(=N)N)cc1)C(C)O. The molecule has 12 nitrogen and oxygen atoms in total. The summed E-state index contributed by atoms with van der Waals surface area (Å²) in [5.74, 6) is -2.56. The lowest BCUT2D eigenvalue weighted by atomic mass is 10.1. The van der Waals surface area contributed by atoms with E-state index in [1.807, 2.05) is 0 Å². The van der Waals surface area contributed by atoms with Crippen LogP contribution in [0.2, 0.25) is 0 Å². The Morgan fingerprint density at radius 2 is 1.73 bits per heavy atom. The molecule has 33 heavy (non-hydrogen) atoms. The number of nitrogen functional groups attached to an aromatic ring is 1. The number of hydrogen-bond donors (Lipinski definition) is 7. The molecular weight excluding hydrogens is 452 g/mol. The zero-order chi connectivity index (χ0) is 25.2. The van der Waals surface area contributed by atoms with Gasteiger partial charge in [-0.15, -0.1) is 0 Å². The van der Waals surface area contributed by atoms with Gasteiger partial charge in [-0.25, -0.2) is 13.1 Å². The molecule has 9 N–H and O–H groups in total. The zero-order valence-electron chi connectivity index (χ0n) is 18.6. The molecule has 1 rings (SSSR count). The normalized spacial score (nSPS) is 14.0. The highest BCUT2D eigenvalue weighted by molar-refractivity contribution is 7.89. The van der Waals surface area contributed by atoms with Gasteiger partial charge in [0.25, 0.3) is 0 Å². The van der Waals surface area contributed by atoms with Crippen molar-refractivity contribution in [3.05, 3.63) is 35.4 Å². The number of hydrogen-bond acceptors (Lipinski definition) is 7. The summed E-state index contributed by atoms with van der Waals surface area (Å²) < 4.78 is 26.2. The Hall–Kier alpha value is -3.03. The first-order valence-corrected chi connectivity index (χ1v) is 12.0. The van der Waals surface area contributed by atoms with Crippen LogP contribution in [0.3, 0.4) is 0 Å². The summed E-state index contributed by atoms with van der Waals surface area (Å²) in [4.78, 5) is 36.6. The van der Waals surface area contributed by atoms with Gasteiger partial charge >= 0.3 is 0 Å². The van der Waals surface area contributed by atoms with Crippen molar-refractivity contribution in [2.75, 3.05) is 5.75 Å². The highest BCUT2D eigenvalue weighted by Gasteiger charge is 2.31. The van der Waals surface area contributed by atoms with Gasteiger partial charge in [-0.2, -0.15) is 0 Å². The number of primary amides is 1. The van der Waals surface area contributed by atoms with Crippen LogP contribution in [0.15, 0.2) is 24.3 Å². The molecule has 0 heterocycles. The fourth-order valence-electron chi connectivity index (χ4n) is 2.82. The van der Waals surface area contributed by atoms with E-state index in [9.17, 15) is 27.9 Å². The van der Waals surface area contributed by atoms with Crippen molar-refractivity contribution in [3.8, 4) is 0 Å². The smallest absolute Gasteiger partial charge is 0.242 e. The lowest BCUT2D eigenvalue weighted by molar-refractivity contribution is -0.131. The van der Waals surface area contributed by atoms with Crippen molar-refractivity contribution in [2.45, 2.75) is 57.8 Å². The molecule has 1 aromatic carbocycles. The second-order valence-corrected chi connectivity index (χ2v) is 9.42. The first kappa shape index (κ1) is 28.0. The maximum atomic E-state index is 12.7. The Bertz CT molecular complexity index is 948. The van der Waals surface area contributed by atoms with Crippen LogP contribution in [0.4, 0.5) is 0 Å². The molecule has 13 heteroatoms. The van der Waals surface area contributed by atoms with Crippen molar-refractivity contribution >= 4 is 33.6 Å². The standard InChI is InChI=1S/C20H32N6O6S/c1-3-10-33(31,32)26-17(12(2)27)20(30)25-15(8-9-16(21)28)19(29)24-11-13-4-6-14(7-5-13)18(22)23/h4-7,12,15,17,26-27H,3,8-11H2,1-2H3,(H2,21,28)(H3,22,23)(H,24,29)(H,25,30). The van der Waals surface area contributed by atoms with Gasteiger partial charge in [0.05, 0.1) is 11.9 Å². The van der Waals surface area contributed by atoms with Gasteiger partial charge in [-0.1, -0.05) is 31.2 Å². The summed E-state index contributed by atoms with van der Waals surface area (Å²) in [6.07, 6.45) is -1.39. The molecule has 0 bridgehead atoms. The maximum absolute atomic E-state index is 12.7. The Morgan fingerprint density at radius 1 is 1.12 bits per heavy atom. The molecule has 0 aliphatic carbocycles. The number of nitrogens with one attached hydrogen (secondary N) is 4. The lowest BCUT2D eigenvalue weighted by Crippen LogP contribution is -2.57. The highest BCUT2D eigenvalue weighted by Crippen LogP contribution is 2.06. The Labute approximate surface area is 193 Å². The average Bonchev–Trinajstić information content (AvgIpc) is 2.73. The average molecular weight is 485 g/mol. The van der Waals surface area contributed by atoms with Gasteiger partial charge in [0.1, 0.15) is 17.9 Å². The fourth-order valence-corrected chi connectivity index (χ4v) is 4.17. The lowest BCUT2D eigenvalue weighted by Gasteiger charge is -2.24. The summed E-state index contributed by atoms with van der Waals surface area (Å²) in [7, 11) is -3.83. The van der Waals surface area contributed by atoms with Crippen LogP contribution in [0.25, 0.3) is 0 Å². The van der Waals surface area contributed by atoms with Crippen LogP contribution in [0.1, 0.15) is 44.2 Å². The van der Waals surface area contributed by atoms with Crippen molar-refractivity contribution < 1.29 is 27.9 Å². The van der Waals surface area contributed by atoms with Crippen LogP contribution in [0.5, 0.6) is 0 Å². The summed E-state index contributed by atoms with van der Waals surface area (Å²) >= 11 is 0. The minimum Gasteiger partial charge on any atom is -0.391 e. The molecule has 0 spiro atoms. The minimum absolute atomic E-state index is 0.0862. The molecular formula is C20H32N6O6S. The monoisotopic (exact) mass is 484 g/mol. The number of carbonyl (C=O) groups excluding carboxylic acids is 3. The van der Waals surface area contributed by atoms with Gasteiger partial charge in [-0.05, 0) is 25.3 Å². The third-order valence-electron chi connectivity index (χ3n) is 4.59. The van der Waals surface area contributed by atoms with E-state index < -0.39 is 45.9 Å². The van der Waals surface area contributed by atoms with Gasteiger partial charge in [0.2, 0.25) is 27.7 Å². The topological polar surface area (TPSA) is 218 Å². The number of aliphatic hydroxyl groups is 1. The molecule has 0 aliphatic rings. The van der Waals surface area contributed by atoms with Gasteiger partial charge in [-0.3, -0.25) is 19.8 Å². The maximum Gasteiger partial charge on any atom is 0.242 e. The van der Waals surface area contributed by atoms with E-state index >= 15 is 0 Å². The number of sulfonamides is 1. The van der Waals surface area contributed by atoms with Crippen molar-refractivity contribution in [2.24, 2.45) is 11.5 Å². The molecule has 3 amide bonds. The van der Waals surface area contributed by atoms with Crippen molar-refractivity contribution in [1.82, 2.24) is 15.4 Å². The van der Waals surface area contributed by atoms with Gasteiger partial charge in [0, 0.05) is 18.5 Å². The predicted molar refractivity (Wildman–Crippen MR) is 122 cm³/mol. The van der Waals surface area contributed by atoms with Crippen LogP contribution in [0, 0.1) is 5.41 Å². The molecule has 0 aliphatic heterocycles. The number of aliphatic hydroxyl groups excluding tert-OH is 1. The van der Waals surface area contributed by atoms with Crippen LogP contribution < -0.4 is 26.8 Å². The highest BCUT2D eigenvalue weighted by atomic mass is 32.2. The zero-order valence-corrected chi connectivity index (χ0v) is 19.4. The molecule has 0 fully saturated rings. The van der Waals surface area contributed by atoms with E-state index in [1.165, 1.54) is 6.92 Å². The minimum atomic E-state index is -3.83. The number of carbonyl (C=O) groups is 3. The largest absolute Gasteiger partial charge is 0.391 e. The molecule has 3 atom stereocenters. The molecule has 0 aromatic heterocycles. The molecule has 0 radical (unpaired) electrons. The first-order chi connectivity index (χ1) is 15.4. The molecule has 0 saturated heterocycles. The summed E-state index contributed by atoms with van der Waals surface area (Å²) in [5, 5.41) is 22.3. The number of amidine groups is 1. The molecule has 3 unspecified atom stereocenters. The van der Waals surface area contributed by atoms with Crippen LogP contribution in [-0.4, -0.2) is 61.0 Å². The number of benzene rings is 1. The van der Waals surface area contributed by atoms with Crippen LogP contribution in [-0.2, 0) is 31.0 Å². The van der Waals surface area contributed by atoms with E-state index in [2.05, 4.69) is 15.4 Å². The van der Waals surface area contributed by atoms with Crippen molar-refractivity contribution in [3.63, 3.8) is 0 Å². The second-order valence-electron chi connectivity index (χ2n) is 7.55. The van der Waals surface area contributed by atoms with E-state index in [4.69, 9.17) is 16.9 Å². The van der Waals surface area contributed by atoms with E-state index in [0.29, 0.717) is 17.5 Å². The third-order valence-corrected chi connectivity index (χ3v) is 6.15. The fraction of sp³-hybridized carbons (Fsp3) is 0.500. The summed E-state index contributed by atoms with van der Waals surface area (Å²) in [5.41, 5.74) is 11.8. The summed E-state index contributed by atoms with van der Waals surface area (Å²) in [6, 6.07) is 3.85. The van der Waals surface area contributed by atoms with Crippen LogP contribution >= 0.6 is 0 Å². The van der Waals surface area contributed by atoms with E-state index in [0.717, 1.165) is 0 Å². The van der Waals surface area contributed by atoms with Gasteiger partial charge in [0.15, 0.2) is 0 Å². The first-order valence-electron chi connectivity index (χ1n) is 10.3. The van der Waals surface area contributed by atoms with E-state index in [1.54, 1.807) is 31.2 Å². The molecule has 184 valence electrons. The van der Waals surface area contributed by atoms with Gasteiger partial charge < -0.3 is 27.2 Å². The summed E-state index contributed by atoms with van der Waals surface area (Å²) in [6.45, 7) is 2.97. The predicted octanol–water partition coefficient (Wildman–Crippen LogP) is -1.58. The Kier molecular flexibility index (Phi) is 10.9. The van der Waals surface area contributed by atoms with Crippen molar-refractivity contribution in [1.29, 1.82) is 5.41 Å². The molecule has 0 saturated carbocycles.